The Morgan fingerprint density at radius 1 is 1.12 bits per heavy atom. The number of hydrogen-bond donors (Lipinski definition) is 1. The third-order valence-electron chi connectivity index (χ3n) is 4.69. The first-order chi connectivity index (χ1) is 15.2. The number of ether oxygens (including phenoxy) is 1. The number of aryl methyl sites for hydroxylation is 1. The highest BCUT2D eigenvalue weighted by Crippen LogP contribution is 2.16. The molecular weight excluding hydrogens is 415 g/mol. The lowest BCUT2D eigenvalue weighted by molar-refractivity contribution is -0.123. The topological polar surface area (TPSA) is 93.5 Å². The zero-order valence-corrected chi connectivity index (χ0v) is 18.1. The Balaban J connectivity index is 1.76. The molecule has 0 aliphatic rings. The zero-order chi connectivity index (χ0) is 23.4. The second-order valence-electron chi connectivity index (χ2n) is 7.34. The molecule has 0 saturated heterocycles. The van der Waals surface area contributed by atoms with E-state index in [0.29, 0.717) is 11.4 Å². The Kier molecular flexibility index (Phi) is 6.67. The van der Waals surface area contributed by atoms with Crippen molar-refractivity contribution in [2.45, 2.75) is 20.0 Å². The number of nitrogens with one attached hydrogen (secondary N) is 1. The van der Waals surface area contributed by atoms with Crippen LogP contribution in [-0.4, -0.2) is 41.9 Å². The molecule has 0 aliphatic carbocycles. The normalized spacial score (nSPS) is 11.5. The van der Waals surface area contributed by atoms with Crippen LogP contribution >= 0.6 is 0 Å². The summed E-state index contributed by atoms with van der Waals surface area (Å²) in [4.78, 5) is 39.2. The molecular formula is C23H23FN4O4. The van der Waals surface area contributed by atoms with E-state index in [-0.39, 0.29) is 5.69 Å². The van der Waals surface area contributed by atoms with Crippen molar-refractivity contribution in [2.75, 3.05) is 24.3 Å². The lowest BCUT2D eigenvalue weighted by Crippen LogP contribution is -2.33. The molecule has 3 aromatic rings. The van der Waals surface area contributed by atoms with Crippen molar-refractivity contribution < 1.29 is 18.7 Å². The van der Waals surface area contributed by atoms with Gasteiger partial charge in [-0.15, -0.1) is 0 Å². The van der Waals surface area contributed by atoms with Crippen LogP contribution < -0.4 is 15.6 Å². The standard InChI is InChI=1S/C23H23FN4O4/c1-14-13-20(29)21(26-28(14)19-8-6-5-7-18(19)24)23(31)32-15(2)22(30)25-16-9-11-17(12-10-16)27(3)4/h5-13,15H,1-4H3,(H,25,30)/t15-/m1/s1. The van der Waals surface area contributed by atoms with Gasteiger partial charge >= 0.3 is 5.97 Å². The van der Waals surface area contributed by atoms with Gasteiger partial charge in [0.2, 0.25) is 11.1 Å². The van der Waals surface area contributed by atoms with Gasteiger partial charge in [0.1, 0.15) is 11.5 Å². The van der Waals surface area contributed by atoms with E-state index in [4.69, 9.17) is 4.74 Å². The van der Waals surface area contributed by atoms with Gasteiger partial charge in [0.15, 0.2) is 6.10 Å². The van der Waals surface area contributed by atoms with Gasteiger partial charge in [-0.3, -0.25) is 9.59 Å². The van der Waals surface area contributed by atoms with Gasteiger partial charge in [0.05, 0.1) is 0 Å². The summed E-state index contributed by atoms with van der Waals surface area (Å²) in [6.45, 7) is 2.94. The van der Waals surface area contributed by atoms with Crippen LogP contribution in [0.5, 0.6) is 0 Å². The second kappa shape index (κ2) is 9.42. The minimum Gasteiger partial charge on any atom is -0.448 e. The number of esters is 1. The van der Waals surface area contributed by atoms with Crippen LogP contribution in [-0.2, 0) is 9.53 Å². The number of aromatic nitrogens is 2. The molecule has 0 unspecified atom stereocenters. The van der Waals surface area contributed by atoms with Crippen LogP contribution in [0.3, 0.4) is 0 Å². The molecule has 1 N–H and O–H groups in total. The van der Waals surface area contributed by atoms with Crippen LogP contribution in [0.1, 0.15) is 23.1 Å². The smallest absolute Gasteiger partial charge is 0.363 e. The van der Waals surface area contributed by atoms with Crippen molar-refractivity contribution in [1.82, 2.24) is 9.78 Å². The summed E-state index contributed by atoms with van der Waals surface area (Å²) in [5.41, 5.74) is 0.661. The maximum atomic E-state index is 14.2. The Bertz CT molecular complexity index is 1210. The van der Waals surface area contributed by atoms with Crippen LogP contribution in [0, 0.1) is 12.7 Å². The fraction of sp³-hybridized carbons (Fsp3) is 0.217. The number of amides is 1. The van der Waals surface area contributed by atoms with E-state index in [9.17, 15) is 18.8 Å². The first kappa shape index (κ1) is 22.7. The fourth-order valence-corrected chi connectivity index (χ4v) is 2.91. The summed E-state index contributed by atoms with van der Waals surface area (Å²) in [6.07, 6.45) is -1.19. The van der Waals surface area contributed by atoms with Crippen LogP contribution in [0.4, 0.5) is 15.8 Å². The molecule has 0 aliphatic heterocycles. The molecule has 9 heteroatoms. The Morgan fingerprint density at radius 3 is 2.41 bits per heavy atom. The monoisotopic (exact) mass is 438 g/mol. The highest BCUT2D eigenvalue weighted by molar-refractivity contribution is 5.96. The van der Waals surface area contributed by atoms with Gasteiger partial charge in [0.25, 0.3) is 5.91 Å². The van der Waals surface area contributed by atoms with Gasteiger partial charge in [-0.05, 0) is 50.2 Å². The molecule has 0 fully saturated rings. The highest BCUT2D eigenvalue weighted by atomic mass is 19.1. The van der Waals surface area contributed by atoms with Gasteiger partial charge in [-0.25, -0.2) is 13.9 Å². The van der Waals surface area contributed by atoms with E-state index >= 15 is 0 Å². The van der Waals surface area contributed by atoms with Crippen molar-refractivity contribution in [1.29, 1.82) is 0 Å². The van der Waals surface area contributed by atoms with E-state index in [1.807, 2.05) is 31.1 Å². The van der Waals surface area contributed by atoms with E-state index in [0.717, 1.165) is 16.4 Å². The van der Waals surface area contributed by atoms with Crippen LogP contribution in [0.2, 0.25) is 0 Å². The maximum Gasteiger partial charge on any atom is 0.363 e. The second-order valence-corrected chi connectivity index (χ2v) is 7.34. The van der Waals surface area contributed by atoms with Gasteiger partial charge in [-0.1, -0.05) is 12.1 Å². The third kappa shape index (κ3) is 5.00. The summed E-state index contributed by atoms with van der Waals surface area (Å²) in [7, 11) is 3.79. The first-order valence-electron chi connectivity index (χ1n) is 9.82. The minimum atomic E-state index is -1.19. The van der Waals surface area contributed by atoms with Gasteiger partial charge in [-0.2, -0.15) is 5.10 Å². The van der Waals surface area contributed by atoms with Crippen LogP contribution in [0.15, 0.2) is 59.4 Å². The molecule has 0 saturated carbocycles. The molecule has 166 valence electrons. The van der Waals surface area contributed by atoms with Crippen molar-refractivity contribution in [3.8, 4) is 5.69 Å². The SMILES string of the molecule is Cc1cc(=O)c(C(=O)O[C@H](C)C(=O)Nc2ccc(N(C)C)cc2)nn1-c1ccccc1F. The van der Waals surface area contributed by atoms with Crippen molar-refractivity contribution in [3.05, 3.63) is 82.0 Å². The molecule has 8 nitrogen and oxygen atoms in total. The van der Waals surface area contributed by atoms with Crippen molar-refractivity contribution in [3.63, 3.8) is 0 Å². The molecule has 1 amide bonds. The maximum absolute atomic E-state index is 14.2. The molecule has 1 atom stereocenters. The number of benzene rings is 2. The Hall–Kier alpha value is -4.01. The number of halogens is 1. The Labute approximate surface area is 184 Å². The quantitative estimate of drug-likeness (QED) is 0.595. The number of carbonyl (C=O) groups is 2. The molecule has 2 aromatic carbocycles. The minimum absolute atomic E-state index is 0.0750. The predicted molar refractivity (Wildman–Crippen MR) is 119 cm³/mol. The summed E-state index contributed by atoms with van der Waals surface area (Å²) in [5.74, 6) is -2.22. The average Bonchev–Trinajstić information content (AvgIpc) is 2.74. The average molecular weight is 438 g/mol. The van der Waals surface area contributed by atoms with Crippen molar-refractivity contribution >= 4 is 23.3 Å². The van der Waals surface area contributed by atoms with Crippen molar-refractivity contribution in [2.24, 2.45) is 0 Å². The molecule has 1 aromatic heterocycles. The number of carbonyl (C=O) groups excluding carboxylic acids is 2. The fourth-order valence-electron chi connectivity index (χ4n) is 2.91. The Morgan fingerprint density at radius 2 is 1.78 bits per heavy atom. The van der Waals surface area contributed by atoms with Crippen LogP contribution in [0.25, 0.3) is 5.69 Å². The number of anilines is 2. The number of rotatable bonds is 6. The molecule has 0 spiro atoms. The summed E-state index contributed by atoms with van der Waals surface area (Å²) >= 11 is 0. The summed E-state index contributed by atoms with van der Waals surface area (Å²) in [5, 5.41) is 6.62. The zero-order valence-electron chi connectivity index (χ0n) is 18.1. The molecule has 32 heavy (non-hydrogen) atoms. The molecule has 0 bridgehead atoms. The lowest BCUT2D eigenvalue weighted by atomic mass is 10.2. The predicted octanol–water partition coefficient (Wildman–Crippen LogP) is 2.93. The summed E-state index contributed by atoms with van der Waals surface area (Å²) in [6, 6.07) is 14.1. The number of para-hydroxylation sites is 1. The highest BCUT2D eigenvalue weighted by Gasteiger charge is 2.23. The molecule has 3 rings (SSSR count). The van der Waals surface area contributed by atoms with Gasteiger partial charge in [0, 0.05) is 37.2 Å². The largest absolute Gasteiger partial charge is 0.448 e. The van der Waals surface area contributed by atoms with E-state index in [2.05, 4.69) is 10.4 Å². The van der Waals surface area contributed by atoms with E-state index in [1.54, 1.807) is 25.1 Å². The number of nitrogens with zero attached hydrogens (tertiary/aromatic N) is 3. The van der Waals surface area contributed by atoms with E-state index < -0.39 is 34.9 Å². The molecule has 1 heterocycles. The summed E-state index contributed by atoms with van der Waals surface area (Å²) < 4.78 is 20.5. The number of hydrogen-bond acceptors (Lipinski definition) is 6. The third-order valence-corrected chi connectivity index (χ3v) is 4.69. The van der Waals surface area contributed by atoms with E-state index in [1.165, 1.54) is 25.1 Å². The first-order valence-corrected chi connectivity index (χ1v) is 9.82. The van der Waals surface area contributed by atoms with Gasteiger partial charge < -0.3 is 15.0 Å². The lowest BCUT2D eigenvalue weighted by Gasteiger charge is -2.16. The molecule has 0 radical (unpaired) electrons.